The van der Waals surface area contributed by atoms with Gasteiger partial charge in [-0.15, -0.1) is 0 Å². The van der Waals surface area contributed by atoms with Crippen molar-refractivity contribution in [3.63, 3.8) is 0 Å². The third kappa shape index (κ3) is 3.59. The van der Waals surface area contributed by atoms with Crippen LogP contribution >= 0.6 is 0 Å². The van der Waals surface area contributed by atoms with Gasteiger partial charge in [0.05, 0.1) is 17.8 Å². The van der Waals surface area contributed by atoms with E-state index in [0.29, 0.717) is 5.92 Å². The second-order valence-corrected chi connectivity index (χ2v) is 9.47. The molecule has 4 nitrogen and oxygen atoms in total. The lowest BCUT2D eigenvalue weighted by atomic mass is 9.70. The highest BCUT2D eigenvalue weighted by Gasteiger charge is 2.49. The molecule has 1 saturated heterocycles. The summed E-state index contributed by atoms with van der Waals surface area (Å²) in [7, 11) is 0. The Balaban J connectivity index is 1.53. The van der Waals surface area contributed by atoms with Gasteiger partial charge in [0.1, 0.15) is 11.4 Å². The van der Waals surface area contributed by atoms with E-state index in [1.54, 1.807) is 18.2 Å². The van der Waals surface area contributed by atoms with Crippen molar-refractivity contribution in [3.8, 4) is 16.9 Å². The third-order valence-corrected chi connectivity index (χ3v) is 7.05. The molecule has 5 rings (SSSR count). The summed E-state index contributed by atoms with van der Waals surface area (Å²) < 4.78 is 13.2. The lowest BCUT2D eigenvalue weighted by Crippen LogP contribution is -2.50. The lowest BCUT2D eigenvalue weighted by Gasteiger charge is -2.50. The summed E-state index contributed by atoms with van der Waals surface area (Å²) in [4.78, 5) is 11.4. The minimum atomic E-state index is -0.925. The minimum Gasteiger partial charge on any atom is -0.487 e. The molecule has 4 heteroatoms. The highest BCUT2D eigenvalue weighted by atomic mass is 16.5. The fourth-order valence-electron chi connectivity index (χ4n) is 5.29. The molecule has 0 spiro atoms. The van der Waals surface area contributed by atoms with Crippen LogP contribution < -0.4 is 4.74 Å². The van der Waals surface area contributed by atoms with Gasteiger partial charge in [0.15, 0.2) is 0 Å². The zero-order chi connectivity index (χ0) is 22.5. The summed E-state index contributed by atoms with van der Waals surface area (Å²) >= 11 is 0. The van der Waals surface area contributed by atoms with Gasteiger partial charge < -0.3 is 14.6 Å². The van der Waals surface area contributed by atoms with Gasteiger partial charge in [0.25, 0.3) is 0 Å². The number of hydrogen-bond donors (Lipinski definition) is 1. The fourth-order valence-corrected chi connectivity index (χ4v) is 5.29. The van der Waals surface area contributed by atoms with Gasteiger partial charge in [0, 0.05) is 17.4 Å². The maximum atomic E-state index is 11.4. The third-order valence-electron chi connectivity index (χ3n) is 7.05. The van der Waals surface area contributed by atoms with Crippen LogP contribution in [0.3, 0.4) is 0 Å². The molecule has 4 atom stereocenters. The highest BCUT2D eigenvalue weighted by Crippen LogP contribution is 2.54. The van der Waals surface area contributed by atoms with Gasteiger partial charge >= 0.3 is 5.97 Å². The predicted octanol–water partition coefficient (Wildman–Crippen LogP) is 6.47. The Labute approximate surface area is 188 Å². The van der Waals surface area contributed by atoms with Crippen molar-refractivity contribution >= 4 is 5.97 Å². The van der Waals surface area contributed by atoms with Gasteiger partial charge in [-0.2, -0.15) is 0 Å². The number of fused-ring (bicyclic) bond motifs is 3. The summed E-state index contributed by atoms with van der Waals surface area (Å²) in [5.74, 6) is 0.445. The van der Waals surface area contributed by atoms with E-state index in [1.165, 1.54) is 5.56 Å². The number of benzene rings is 3. The summed E-state index contributed by atoms with van der Waals surface area (Å²) in [6.45, 7) is 6.47. The molecule has 2 aliphatic heterocycles. The average molecular weight is 429 g/mol. The molecule has 3 aromatic rings. The molecule has 0 unspecified atom stereocenters. The van der Waals surface area contributed by atoms with Crippen LogP contribution in [0.4, 0.5) is 0 Å². The Morgan fingerprint density at radius 3 is 2.47 bits per heavy atom. The smallest absolute Gasteiger partial charge is 0.335 e. The Bertz CT molecular complexity index is 1150. The standard InChI is InChI=1S/C28H28O4/c1-17-22(18-8-5-4-6-9-18)16-24-26(31-17)23-15-20(12-13-25(23)32-28(24,2)3)19-10-7-11-21(14-19)27(29)30/h4-15,17,22,24,26H,16H2,1-3H3,(H,29,30)/t17-,22+,24+,26-/m1/s1. The number of carboxylic acids is 1. The first-order chi connectivity index (χ1) is 15.3. The van der Waals surface area contributed by atoms with E-state index in [0.717, 1.165) is 28.9 Å². The number of hydrogen-bond acceptors (Lipinski definition) is 3. The first-order valence-electron chi connectivity index (χ1n) is 11.2. The maximum absolute atomic E-state index is 11.4. The summed E-state index contributed by atoms with van der Waals surface area (Å²) in [6, 6.07) is 23.7. The molecule has 164 valence electrons. The molecule has 0 radical (unpaired) electrons. The molecule has 0 bridgehead atoms. The van der Waals surface area contributed by atoms with Crippen LogP contribution in [-0.4, -0.2) is 22.8 Å². The van der Waals surface area contributed by atoms with Gasteiger partial charge in [0.2, 0.25) is 0 Å². The van der Waals surface area contributed by atoms with Crippen LogP contribution in [0.15, 0.2) is 72.8 Å². The van der Waals surface area contributed by atoms with E-state index >= 15 is 0 Å². The number of carboxylic acid groups (broad SMARTS) is 1. The van der Waals surface area contributed by atoms with Crippen LogP contribution in [0.25, 0.3) is 11.1 Å². The molecular formula is C28H28O4. The van der Waals surface area contributed by atoms with E-state index in [2.05, 4.69) is 51.1 Å². The van der Waals surface area contributed by atoms with Crippen molar-refractivity contribution in [2.24, 2.45) is 5.92 Å². The number of carbonyl (C=O) groups is 1. The minimum absolute atomic E-state index is 0.0636. The van der Waals surface area contributed by atoms with Crippen molar-refractivity contribution in [3.05, 3.63) is 89.5 Å². The molecule has 0 amide bonds. The van der Waals surface area contributed by atoms with Crippen LogP contribution in [-0.2, 0) is 4.74 Å². The second-order valence-electron chi connectivity index (χ2n) is 9.47. The van der Waals surface area contributed by atoms with Crippen molar-refractivity contribution in [1.82, 2.24) is 0 Å². The van der Waals surface area contributed by atoms with E-state index in [1.807, 2.05) is 24.3 Å². The van der Waals surface area contributed by atoms with Crippen molar-refractivity contribution in [2.75, 3.05) is 0 Å². The fraction of sp³-hybridized carbons (Fsp3) is 0.321. The van der Waals surface area contributed by atoms with Crippen LogP contribution in [0.1, 0.15) is 60.7 Å². The summed E-state index contributed by atoms with van der Waals surface area (Å²) in [5, 5.41) is 9.37. The molecule has 2 aliphatic rings. The normalized spacial score (nSPS) is 25.8. The van der Waals surface area contributed by atoms with Crippen molar-refractivity contribution in [1.29, 1.82) is 0 Å². The number of aromatic carboxylic acids is 1. The molecule has 1 fully saturated rings. The molecule has 3 aromatic carbocycles. The van der Waals surface area contributed by atoms with Crippen LogP contribution in [0, 0.1) is 5.92 Å². The molecule has 0 aromatic heterocycles. The lowest BCUT2D eigenvalue weighted by molar-refractivity contribution is -0.153. The summed E-state index contributed by atoms with van der Waals surface area (Å²) in [5.41, 5.74) is 4.12. The number of ether oxygens (including phenoxy) is 2. The van der Waals surface area contributed by atoms with Crippen molar-refractivity contribution in [2.45, 2.75) is 50.9 Å². The molecule has 2 heterocycles. The predicted molar refractivity (Wildman–Crippen MR) is 124 cm³/mol. The summed E-state index contributed by atoms with van der Waals surface area (Å²) in [6.07, 6.45) is 1.01. The van der Waals surface area contributed by atoms with Gasteiger partial charge in [-0.05, 0) is 68.1 Å². The highest BCUT2D eigenvalue weighted by molar-refractivity contribution is 5.89. The van der Waals surface area contributed by atoms with Crippen molar-refractivity contribution < 1.29 is 19.4 Å². The van der Waals surface area contributed by atoms with E-state index in [-0.39, 0.29) is 29.3 Å². The second kappa shape index (κ2) is 7.79. The van der Waals surface area contributed by atoms with Gasteiger partial charge in [-0.3, -0.25) is 0 Å². The van der Waals surface area contributed by atoms with E-state index in [9.17, 15) is 9.90 Å². The molecule has 0 aliphatic carbocycles. The van der Waals surface area contributed by atoms with Crippen LogP contribution in [0.5, 0.6) is 5.75 Å². The Hall–Kier alpha value is -3.11. The first-order valence-corrected chi connectivity index (χ1v) is 11.2. The molecule has 1 N–H and O–H groups in total. The maximum Gasteiger partial charge on any atom is 0.335 e. The SMILES string of the molecule is C[C@H]1O[C@@H]2c3cc(-c4cccc(C(=O)O)c4)ccc3OC(C)(C)[C@H]2C[C@@H]1c1ccccc1. The zero-order valence-corrected chi connectivity index (χ0v) is 18.6. The van der Waals surface area contributed by atoms with Gasteiger partial charge in [-0.25, -0.2) is 4.79 Å². The Kier molecular flexibility index (Phi) is 5.06. The zero-order valence-electron chi connectivity index (χ0n) is 18.6. The van der Waals surface area contributed by atoms with Gasteiger partial charge in [-0.1, -0.05) is 48.5 Å². The average Bonchev–Trinajstić information content (AvgIpc) is 2.79. The molecule has 32 heavy (non-hydrogen) atoms. The Morgan fingerprint density at radius 1 is 0.969 bits per heavy atom. The monoisotopic (exact) mass is 428 g/mol. The Morgan fingerprint density at radius 2 is 1.72 bits per heavy atom. The largest absolute Gasteiger partial charge is 0.487 e. The first kappa shape index (κ1) is 20.8. The molecule has 0 saturated carbocycles. The molecular weight excluding hydrogens is 400 g/mol. The van der Waals surface area contributed by atoms with E-state index in [4.69, 9.17) is 9.47 Å². The van der Waals surface area contributed by atoms with Crippen LogP contribution in [0.2, 0.25) is 0 Å². The van der Waals surface area contributed by atoms with E-state index < -0.39 is 5.97 Å². The quantitative estimate of drug-likeness (QED) is 0.519. The topological polar surface area (TPSA) is 55.8 Å². The number of rotatable bonds is 3.